The second-order valence-corrected chi connectivity index (χ2v) is 5.38. The van der Waals surface area contributed by atoms with Crippen LogP contribution in [-0.4, -0.2) is 20.0 Å². The van der Waals surface area contributed by atoms with Gasteiger partial charge in [-0.2, -0.15) is 5.10 Å². The van der Waals surface area contributed by atoms with Crippen LogP contribution < -0.4 is 5.32 Å². The van der Waals surface area contributed by atoms with Crippen LogP contribution in [0.15, 0.2) is 30.6 Å². The number of halogens is 1. The number of hydrogen-bond acceptors (Lipinski definition) is 4. The highest BCUT2D eigenvalue weighted by Gasteiger charge is 2.03. The highest BCUT2D eigenvalue weighted by molar-refractivity contribution is 5.85. The first kappa shape index (κ1) is 17.3. The van der Waals surface area contributed by atoms with E-state index in [-0.39, 0.29) is 23.9 Å². The van der Waals surface area contributed by atoms with E-state index in [0.717, 1.165) is 17.7 Å². The van der Waals surface area contributed by atoms with Gasteiger partial charge >= 0.3 is 0 Å². The van der Waals surface area contributed by atoms with Gasteiger partial charge in [-0.25, -0.2) is 0 Å². The molecule has 5 nitrogen and oxygen atoms in total. The van der Waals surface area contributed by atoms with E-state index in [9.17, 15) is 10.2 Å². The van der Waals surface area contributed by atoms with Crippen molar-refractivity contribution in [3.8, 4) is 11.5 Å². The SMILES string of the molecule is CC(C)Cn1cc(CNCc2ccc(O)cc2O)cn1.Cl. The summed E-state index contributed by atoms with van der Waals surface area (Å²) in [7, 11) is 0. The third-order valence-electron chi connectivity index (χ3n) is 2.95. The van der Waals surface area contributed by atoms with E-state index in [0.29, 0.717) is 19.0 Å². The molecule has 1 heterocycles. The van der Waals surface area contributed by atoms with Crippen molar-refractivity contribution >= 4 is 12.4 Å². The highest BCUT2D eigenvalue weighted by Crippen LogP contribution is 2.22. The van der Waals surface area contributed by atoms with Crippen LogP contribution in [0.4, 0.5) is 0 Å². The molecule has 0 bridgehead atoms. The molecule has 6 heteroatoms. The minimum Gasteiger partial charge on any atom is -0.508 e. The molecule has 0 aliphatic rings. The molecule has 0 fully saturated rings. The number of rotatable bonds is 6. The fourth-order valence-corrected chi connectivity index (χ4v) is 2.01. The van der Waals surface area contributed by atoms with Crippen LogP contribution >= 0.6 is 12.4 Å². The Labute approximate surface area is 131 Å². The summed E-state index contributed by atoms with van der Waals surface area (Å²) in [6, 6.07) is 4.62. The van der Waals surface area contributed by atoms with Gasteiger partial charge in [-0.15, -0.1) is 12.4 Å². The summed E-state index contributed by atoms with van der Waals surface area (Å²) in [6.07, 6.45) is 3.88. The van der Waals surface area contributed by atoms with Crippen LogP contribution in [-0.2, 0) is 19.6 Å². The molecule has 0 amide bonds. The van der Waals surface area contributed by atoms with Crippen molar-refractivity contribution in [3.05, 3.63) is 41.7 Å². The molecule has 2 rings (SSSR count). The van der Waals surface area contributed by atoms with Crippen LogP contribution in [0.1, 0.15) is 25.0 Å². The predicted octanol–water partition coefficient (Wildman–Crippen LogP) is 2.66. The summed E-state index contributed by atoms with van der Waals surface area (Å²) in [4.78, 5) is 0. The summed E-state index contributed by atoms with van der Waals surface area (Å²) in [5.41, 5.74) is 1.88. The Morgan fingerprint density at radius 1 is 1.24 bits per heavy atom. The van der Waals surface area contributed by atoms with E-state index >= 15 is 0 Å². The second kappa shape index (κ2) is 7.90. The summed E-state index contributed by atoms with van der Waals surface area (Å²) in [5.74, 6) is 0.749. The normalized spacial score (nSPS) is 10.6. The van der Waals surface area contributed by atoms with E-state index in [2.05, 4.69) is 24.3 Å². The molecular weight excluding hydrogens is 290 g/mol. The van der Waals surface area contributed by atoms with Crippen LogP contribution in [0.3, 0.4) is 0 Å². The molecule has 0 radical (unpaired) electrons. The van der Waals surface area contributed by atoms with Gasteiger partial charge in [0.05, 0.1) is 6.20 Å². The second-order valence-electron chi connectivity index (χ2n) is 5.38. The van der Waals surface area contributed by atoms with Crippen molar-refractivity contribution in [2.24, 2.45) is 5.92 Å². The monoisotopic (exact) mass is 311 g/mol. The molecule has 0 spiro atoms. The average molecular weight is 312 g/mol. The largest absolute Gasteiger partial charge is 0.508 e. The molecule has 1 aromatic heterocycles. The Hall–Kier alpha value is -1.72. The number of aromatic hydroxyl groups is 2. The zero-order valence-corrected chi connectivity index (χ0v) is 13.1. The molecule has 0 saturated carbocycles. The van der Waals surface area contributed by atoms with Crippen LogP contribution in [0, 0.1) is 5.92 Å². The Morgan fingerprint density at radius 2 is 2.00 bits per heavy atom. The maximum absolute atomic E-state index is 9.68. The van der Waals surface area contributed by atoms with Crippen molar-refractivity contribution in [3.63, 3.8) is 0 Å². The number of phenols is 2. The number of phenolic OH excluding ortho intramolecular Hbond substituents is 2. The average Bonchev–Trinajstić information content (AvgIpc) is 2.79. The van der Waals surface area contributed by atoms with E-state index in [1.165, 1.54) is 6.07 Å². The number of aromatic nitrogens is 2. The van der Waals surface area contributed by atoms with E-state index in [1.54, 1.807) is 12.1 Å². The van der Waals surface area contributed by atoms with Crippen LogP contribution in [0.5, 0.6) is 11.5 Å². The van der Waals surface area contributed by atoms with Gasteiger partial charge in [0, 0.05) is 43.0 Å². The number of hydrogen-bond donors (Lipinski definition) is 3. The van der Waals surface area contributed by atoms with Gasteiger partial charge in [-0.1, -0.05) is 19.9 Å². The summed E-state index contributed by atoms with van der Waals surface area (Å²) >= 11 is 0. The van der Waals surface area contributed by atoms with Crippen molar-refractivity contribution < 1.29 is 10.2 Å². The van der Waals surface area contributed by atoms with Gasteiger partial charge in [0.2, 0.25) is 0 Å². The highest BCUT2D eigenvalue weighted by atomic mass is 35.5. The maximum Gasteiger partial charge on any atom is 0.123 e. The Morgan fingerprint density at radius 3 is 2.67 bits per heavy atom. The van der Waals surface area contributed by atoms with E-state index in [1.807, 2.05) is 17.1 Å². The lowest BCUT2D eigenvalue weighted by atomic mass is 10.2. The Balaban J connectivity index is 0.00000220. The van der Waals surface area contributed by atoms with Crippen LogP contribution in [0.25, 0.3) is 0 Å². The lowest BCUT2D eigenvalue weighted by molar-refractivity contribution is 0.443. The molecule has 0 aliphatic carbocycles. The zero-order chi connectivity index (χ0) is 14.5. The molecule has 0 aliphatic heterocycles. The number of nitrogens with zero attached hydrogens (tertiary/aromatic N) is 2. The maximum atomic E-state index is 9.68. The molecule has 2 aromatic rings. The van der Waals surface area contributed by atoms with Gasteiger partial charge < -0.3 is 15.5 Å². The lowest BCUT2D eigenvalue weighted by Crippen LogP contribution is -2.12. The van der Waals surface area contributed by atoms with Gasteiger partial charge in [-0.3, -0.25) is 4.68 Å². The van der Waals surface area contributed by atoms with Gasteiger partial charge in [0.15, 0.2) is 0 Å². The molecule has 116 valence electrons. The Bertz CT molecular complexity index is 570. The van der Waals surface area contributed by atoms with Crippen molar-refractivity contribution in [1.82, 2.24) is 15.1 Å². The molecule has 0 saturated heterocycles. The molecule has 3 N–H and O–H groups in total. The van der Waals surface area contributed by atoms with Gasteiger partial charge in [0.1, 0.15) is 11.5 Å². The topological polar surface area (TPSA) is 70.3 Å². The first-order chi connectivity index (χ1) is 9.54. The summed E-state index contributed by atoms with van der Waals surface area (Å²) < 4.78 is 1.94. The smallest absolute Gasteiger partial charge is 0.123 e. The lowest BCUT2D eigenvalue weighted by Gasteiger charge is -2.06. The van der Waals surface area contributed by atoms with Gasteiger partial charge in [0.25, 0.3) is 0 Å². The van der Waals surface area contributed by atoms with Crippen LogP contribution in [0.2, 0.25) is 0 Å². The minimum atomic E-state index is 0. The first-order valence-electron chi connectivity index (χ1n) is 6.77. The van der Waals surface area contributed by atoms with E-state index in [4.69, 9.17) is 0 Å². The molecule has 21 heavy (non-hydrogen) atoms. The molecule has 0 atom stereocenters. The molecular formula is C15H22ClN3O2. The minimum absolute atomic E-state index is 0. The molecule has 0 unspecified atom stereocenters. The summed E-state index contributed by atoms with van der Waals surface area (Å²) in [6.45, 7) is 6.47. The fourth-order valence-electron chi connectivity index (χ4n) is 2.01. The fraction of sp³-hybridized carbons (Fsp3) is 0.400. The number of benzene rings is 1. The standard InChI is InChI=1S/C15H21N3O2.ClH/c1-11(2)9-18-10-12(7-17-18)6-16-8-13-3-4-14(19)5-15(13)20;/h3-5,7,10-11,16,19-20H,6,8-9H2,1-2H3;1H. The zero-order valence-electron chi connectivity index (χ0n) is 12.3. The predicted molar refractivity (Wildman–Crippen MR) is 84.6 cm³/mol. The van der Waals surface area contributed by atoms with Crippen molar-refractivity contribution in [2.75, 3.05) is 0 Å². The van der Waals surface area contributed by atoms with E-state index < -0.39 is 0 Å². The molecule has 1 aromatic carbocycles. The first-order valence-corrected chi connectivity index (χ1v) is 6.77. The summed E-state index contributed by atoms with van der Waals surface area (Å²) in [5, 5.41) is 26.5. The Kier molecular flexibility index (Phi) is 6.52. The van der Waals surface area contributed by atoms with Gasteiger partial charge in [-0.05, 0) is 12.0 Å². The van der Waals surface area contributed by atoms with Crippen molar-refractivity contribution in [1.29, 1.82) is 0 Å². The quantitative estimate of drug-likeness (QED) is 0.767. The van der Waals surface area contributed by atoms with Crippen molar-refractivity contribution in [2.45, 2.75) is 33.5 Å². The third-order valence-corrected chi connectivity index (χ3v) is 2.95. The third kappa shape index (κ3) is 5.28. The number of nitrogens with one attached hydrogen (secondary N) is 1.